The second-order valence-electron chi connectivity index (χ2n) is 8.64. The van der Waals surface area contributed by atoms with Gasteiger partial charge in [-0.3, -0.25) is 9.69 Å². The number of nitrogens with one attached hydrogen (secondary N) is 1. The van der Waals surface area contributed by atoms with Crippen molar-refractivity contribution < 1.29 is 4.79 Å². The van der Waals surface area contributed by atoms with Gasteiger partial charge in [0, 0.05) is 19.0 Å². The molecule has 3 rings (SSSR count). The normalized spacial score (nSPS) is 21.8. The summed E-state index contributed by atoms with van der Waals surface area (Å²) in [6, 6.07) is 11.4. The third-order valence-electron chi connectivity index (χ3n) is 6.71. The van der Waals surface area contributed by atoms with Crippen molar-refractivity contribution in [2.24, 2.45) is 5.92 Å². The highest BCUT2D eigenvalue weighted by molar-refractivity contribution is 5.75. The average Bonchev–Trinajstić information content (AvgIpc) is 3.20. The standard InChI is InChI=1S/C24H39N3O/c1-2-27-17-7-11-23(27)20-25-24(28)13-12-22-14-18-26(19-15-22)16-6-10-21-8-4-3-5-9-21/h3-5,8-9,22-23H,2,6-7,10-20H2,1H3,(H,25,28). The van der Waals surface area contributed by atoms with Crippen LogP contribution in [0.4, 0.5) is 0 Å². The van der Waals surface area contributed by atoms with Crippen LogP contribution < -0.4 is 5.32 Å². The second-order valence-corrected chi connectivity index (χ2v) is 8.64. The number of carbonyl (C=O) groups excluding carboxylic acids is 1. The fourth-order valence-corrected chi connectivity index (χ4v) is 4.85. The van der Waals surface area contributed by atoms with Crippen LogP contribution in [-0.2, 0) is 11.2 Å². The van der Waals surface area contributed by atoms with Crippen LogP contribution >= 0.6 is 0 Å². The highest BCUT2D eigenvalue weighted by atomic mass is 16.1. The third kappa shape index (κ3) is 6.89. The van der Waals surface area contributed by atoms with Crippen LogP contribution in [0.5, 0.6) is 0 Å². The number of rotatable bonds is 10. The van der Waals surface area contributed by atoms with Crippen molar-refractivity contribution >= 4 is 5.91 Å². The van der Waals surface area contributed by atoms with Crippen molar-refractivity contribution in [2.75, 3.05) is 39.3 Å². The van der Waals surface area contributed by atoms with Gasteiger partial charge in [-0.25, -0.2) is 0 Å². The Kier molecular flexibility index (Phi) is 8.81. The number of piperidine rings is 1. The Morgan fingerprint density at radius 2 is 1.89 bits per heavy atom. The summed E-state index contributed by atoms with van der Waals surface area (Å²) in [5.74, 6) is 0.989. The van der Waals surface area contributed by atoms with Crippen LogP contribution in [0.3, 0.4) is 0 Å². The Hall–Kier alpha value is -1.39. The summed E-state index contributed by atoms with van der Waals surface area (Å²) in [5.41, 5.74) is 1.45. The van der Waals surface area contributed by atoms with Gasteiger partial charge < -0.3 is 10.2 Å². The molecule has 0 aliphatic carbocycles. The molecule has 1 aromatic rings. The average molecular weight is 386 g/mol. The van der Waals surface area contributed by atoms with E-state index in [1.165, 1.54) is 70.3 Å². The fourth-order valence-electron chi connectivity index (χ4n) is 4.85. The molecule has 4 nitrogen and oxygen atoms in total. The van der Waals surface area contributed by atoms with Crippen LogP contribution in [0.25, 0.3) is 0 Å². The van der Waals surface area contributed by atoms with E-state index in [-0.39, 0.29) is 5.91 Å². The number of hydrogen-bond donors (Lipinski definition) is 1. The van der Waals surface area contributed by atoms with E-state index < -0.39 is 0 Å². The maximum atomic E-state index is 12.2. The van der Waals surface area contributed by atoms with E-state index in [0.717, 1.165) is 25.4 Å². The Morgan fingerprint density at radius 1 is 1.11 bits per heavy atom. The Balaban J connectivity index is 1.23. The zero-order chi connectivity index (χ0) is 19.6. The first kappa shape index (κ1) is 21.3. The molecule has 4 heteroatoms. The number of carbonyl (C=O) groups is 1. The predicted octanol–water partition coefficient (Wildman–Crippen LogP) is 3.71. The molecule has 2 aliphatic rings. The van der Waals surface area contributed by atoms with Gasteiger partial charge in [-0.15, -0.1) is 0 Å². The lowest BCUT2D eigenvalue weighted by atomic mass is 9.92. The summed E-state index contributed by atoms with van der Waals surface area (Å²) in [6.07, 6.45) is 9.21. The molecule has 0 spiro atoms. The van der Waals surface area contributed by atoms with Crippen LogP contribution in [0.1, 0.15) is 57.4 Å². The van der Waals surface area contributed by atoms with E-state index in [1.807, 2.05) is 0 Å². The summed E-state index contributed by atoms with van der Waals surface area (Å²) in [5, 5.41) is 3.19. The van der Waals surface area contributed by atoms with Crippen LogP contribution in [0.2, 0.25) is 0 Å². The molecular weight excluding hydrogens is 346 g/mol. The third-order valence-corrected chi connectivity index (χ3v) is 6.71. The topological polar surface area (TPSA) is 35.6 Å². The van der Waals surface area contributed by atoms with Crippen molar-refractivity contribution in [3.05, 3.63) is 35.9 Å². The van der Waals surface area contributed by atoms with Crippen molar-refractivity contribution in [1.82, 2.24) is 15.1 Å². The maximum absolute atomic E-state index is 12.2. The molecule has 1 amide bonds. The number of likely N-dealkylation sites (N-methyl/N-ethyl adjacent to an activating group) is 1. The molecule has 1 atom stereocenters. The molecule has 2 aliphatic heterocycles. The summed E-state index contributed by atoms with van der Waals surface area (Å²) in [6.45, 7) is 8.97. The van der Waals surface area contributed by atoms with Crippen LogP contribution in [0, 0.1) is 5.92 Å². The minimum absolute atomic E-state index is 0.258. The lowest BCUT2D eigenvalue weighted by molar-refractivity contribution is -0.121. The van der Waals surface area contributed by atoms with Gasteiger partial charge in [0.15, 0.2) is 0 Å². The minimum Gasteiger partial charge on any atom is -0.355 e. The first-order chi connectivity index (χ1) is 13.7. The molecule has 156 valence electrons. The summed E-state index contributed by atoms with van der Waals surface area (Å²) in [4.78, 5) is 17.3. The Bertz CT molecular complexity index is 568. The van der Waals surface area contributed by atoms with E-state index in [9.17, 15) is 4.79 Å². The predicted molar refractivity (Wildman–Crippen MR) is 116 cm³/mol. The highest BCUT2D eigenvalue weighted by Gasteiger charge is 2.23. The van der Waals surface area contributed by atoms with E-state index >= 15 is 0 Å². The smallest absolute Gasteiger partial charge is 0.220 e. The van der Waals surface area contributed by atoms with E-state index in [4.69, 9.17) is 0 Å². The van der Waals surface area contributed by atoms with Gasteiger partial charge in [0.2, 0.25) is 5.91 Å². The van der Waals surface area contributed by atoms with Gasteiger partial charge in [0.1, 0.15) is 0 Å². The fraction of sp³-hybridized carbons (Fsp3) is 0.708. The molecule has 28 heavy (non-hydrogen) atoms. The molecule has 2 saturated heterocycles. The maximum Gasteiger partial charge on any atom is 0.220 e. The Morgan fingerprint density at radius 3 is 2.64 bits per heavy atom. The van der Waals surface area contributed by atoms with Gasteiger partial charge >= 0.3 is 0 Å². The molecule has 0 radical (unpaired) electrons. The lowest BCUT2D eigenvalue weighted by Crippen LogP contribution is -2.40. The SMILES string of the molecule is CCN1CCCC1CNC(=O)CCC1CCN(CCCc2ccccc2)CC1. The van der Waals surface area contributed by atoms with Crippen molar-refractivity contribution in [3.63, 3.8) is 0 Å². The molecule has 2 fully saturated rings. The number of amides is 1. The molecule has 0 aromatic heterocycles. The molecule has 1 aromatic carbocycles. The number of likely N-dealkylation sites (tertiary alicyclic amines) is 2. The van der Waals surface area contributed by atoms with Gasteiger partial charge in [-0.05, 0) is 89.2 Å². The molecular formula is C24H39N3O. The van der Waals surface area contributed by atoms with Gasteiger partial charge in [0.05, 0.1) is 0 Å². The highest BCUT2D eigenvalue weighted by Crippen LogP contribution is 2.22. The van der Waals surface area contributed by atoms with Gasteiger partial charge in [-0.1, -0.05) is 37.3 Å². The van der Waals surface area contributed by atoms with Crippen LogP contribution in [-0.4, -0.2) is 61.0 Å². The van der Waals surface area contributed by atoms with Crippen molar-refractivity contribution in [1.29, 1.82) is 0 Å². The van der Waals surface area contributed by atoms with E-state index in [0.29, 0.717) is 12.5 Å². The van der Waals surface area contributed by atoms with Gasteiger partial charge in [-0.2, -0.15) is 0 Å². The van der Waals surface area contributed by atoms with E-state index in [1.54, 1.807) is 0 Å². The molecule has 1 N–H and O–H groups in total. The Labute approximate surface area is 171 Å². The van der Waals surface area contributed by atoms with Crippen LogP contribution in [0.15, 0.2) is 30.3 Å². The second kappa shape index (κ2) is 11.6. The number of benzene rings is 1. The molecule has 0 bridgehead atoms. The summed E-state index contributed by atoms with van der Waals surface area (Å²) >= 11 is 0. The molecule has 0 saturated carbocycles. The molecule has 2 heterocycles. The zero-order valence-electron chi connectivity index (χ0n) is 17.7. The van der Waals surface area contributed by atoms with Crippen molar-refractivity contribution in [2.45, 2.75) is 64.3 Å². The summed E-state index contributed by atoms with van der Waals surface area (Å²) < 4.78 is 0. The first-order valence-electron chi connectivity index (χ1n) is 11.5. The van der Waals surface area contributed by atoms with Crippen molar-refractivity contribution in [3.8, 4) is 0 Å². The summed E-state index contributed by atoms with van der Waals surface area (Å²) in [7, 11) is 0. The van der Waals surface area contributed by atoms with E-state index in [2.05, 4.69) is 52.4 Å². The quantitative estimate of drug-likeness (QED) is 0.667. The zero-order valence-corrected chi connectivity index (χ0v) is 17.7. The largest absolute Gasteiger partial charge is 0.355 e. The first-order valence-corrected chi connectivity index (χ1v) is 11.5. The number of hydrogen-bond acceptors (Lipinski definition) is 3. The lowest BCUT2D eigenvalue weighted by Gasteiger charge is -2.32. The number of aryl methyl sites for hydroxylation is 1. The monoisotopic (exact) mass is 385 g/mol. The van der Waals surface area contributed by atoms with Gasteiger partial charge in [0.25, 0.3) is 0 Å². The minimum atomic E-state index is 0.258. The molecule has 1 unspecified atom stereocenters. The number of nitrogens with zero attached hydrogens (tertiary/aromatic N) is 2.